The van der Waals surface area contributed by atoms with Crippen LogP contribution >= 0.6 is 0 Å². The molecule has 0 N–H and O–H groups in total. The molecule has 0 aromatic heterocycles. The van der Waals surface area contributed by atoms with E-state index in [2.05, 4.69) is 11.3 Å². The van der Waals surface area contributed by atoms with Gasteiger partial charge in [-0.15, -0.1) is 6.58 Å². The Hall–Kier alpha value is -1.97. The quantitative estimate of drug-likeness (QED) is 0.581. The van der Waals surface area contributed by atoms with Crippen molar-refractivity contribution in [2.24, 2.45) is 0 Å². The zero-order chi connectivity index (χ0) is 12.8. The summed E-state index contributed by atoms with van der Waals surface area (Å²) in [6.07, 6.45) is 2.35. The minimum Gasteiger partial charge on any atom is -0.496 e. The summed E-state index contributed by atoms with van der Waals surface area (Å²) in [7, 11) is 4.42. The Kier molecular flexibility index (Phi) is 4.57. The molecule has 92 valence electrons. The Bertz CT molecular complexity index is 398. The van der Waals surface area contributed by atoms with E-state index < -0.39 is 5.97 Å². The molecule has 4 nitrogen and oxygen atoms in total. The molecule has 1 aromatic carbocycles. The van der Waals surface area contributed by atoms with Crippen molar-refractivity contribution in [3.8, 4) is 11.5 Å². The van der Waals surface area contributed by atoms with Crippen LogP contribution in [0.15, 0.2) is 24.8 Å². The molecule has 0 bridgehead atoms. The maximum Gasteiger partial charge on any atom is 0.338 e. The molecule has 0 spiro atoms. The highest BCUT2D eigenvalue weighted by atomic mass is 16.5. The van der Waals surface area contributed by atoms with E-state index in [9.17, 15) is 4.79 Å². The third-order valence-corrected chi connectivity index (χ3v) is 2.38. The van der Waals surface area contributed by atoms with Gasteiger partial charge in [0.15, 0.2) is 0 Å². The number of carbonyl (C=O) groups is 1. The van der Waals surface area contributed by atoms with E-state index in [1.807, 2.05) is 0 Å². The van der Waals surface area contributed by atoms with E-state index in [-0.39, 0.29) is 0 Å². The van der Waals surface area contributed by atoms with Gasteiger partial charge in [-0.1, -0.05) is 6.08 Å². The predicted molar refractivity (Wildman–Crippen MR) is 64.8 cm³/mol. The average Bonchev–Trinajstić information content (AvgIpc) is 2.38. The molecular formula is C13H16O4. The largest absolute Gasteiger partial charge is 0.496 e. The number of allylic oxidation sites excluding steroid dienone is 1. The third-order valence-electron chi connectivity index (χ3n) is 2.38. The van der Waals surface area contributed by atoms with E-state index in [1.54, 1.807) is 32.4 Å². The molecule has 17 heavy (non-hydrogen) atoms. The highest BCUT2D eigenvalue weighted by Gasteiger charge is 2.15. The number of hydrogen-bond acceptors (Lipinski definition) is 4. The lowest BCUT2D eigenvalue weighted by Gasteiger charge is -2.13. The van der Waals surface area contributed by atoms with Gasteiger partial charge < -0.3 is 14.2 Å². The standard InChI is InChI=1S/C13H16O4/c1-5-6-10-11(15-2)7-9(13(14)17-4)8-12(10)16-3/h5,7-8H,1,6H2,2-4H3. The minimum absolute atomic E-state index is 0.397. The predicted octanol–water partition coefficient (Wildman–Crippen LogP) is 2.22. The molecule has 4 heteroatoms. The van der Waals surface area contributed by atoms with Crippen molar-refractivity contribution in [2.75, 3.05) is 21.3 Å². The van der Waals surface area contributed by atoms with Crippen LogP contribution in [0.2, 0.25) is 0 Å². The van der Waals surface area contributed by atoms with Crippen LogP contribution in [0.3, 0.4) is 0 Å². The van der Waals surface area contributed by atoms with Crippen LogP contribution < -0.4 is 9.47 Å². The molecule has 0 amide bonds. The first-order valence-corrected chi connectivity index (χ1v) is 5.12. The number of rotatable bonds is 5. The van der Waals surface area contributed by atoms with Gasteiger partial charge >= 0.3 is 5.97 Å². The summed E-state index contributed by atoms with van der Waals surface area (Å²) in [6.45, 7) is 3.68. The Morgan fingerprint density at radius 2 is 1.76 bits per heavy atom. The van der Waals surface area contributed by atoms with Gasteiger partial charge in [-0.3, -0.25) is 0 Å². The first-order chi connectivity index (χ1) is 8.17. The van der Waals surface area contributed by atoms with E-state index in [0.29, 0.717) is 23.5 Å². The molecule has 0 heterocycles. The topological polar surface area (TPSA) is 44.8 Å². The molecule has 0 saturated heterocycles. The monoisotopic (exact) mass is 236 g/mol. The van der Waals surface area contributed by atoms with E-state index in [1.165, 1.54) is 7.11 Å². The molecule has 1 aromatic rings. The highest BCUT2D eigenvalue weighted by molar-refractivity contribution is 5.90. The third kappa shape index (κ3) is 2.78. The van der Waals surface area contributed by atoms with Crippen molar-refractivity contribution in [1.82, 2.24) is 0 Å². The van der Waals surface area contributed by atoms with E-state index >= 15 is 0 Å². The molecule has 0 aliphatic heterocycles. The van der Waals surface area contributed by atoms with Gasteiger partial charge in [-0.2, -0.15) is 0 Å². The first kappa shape index (κ1) is 13.1. The number of carbonyl (C=O) groups excluding carboxylic acids is 1. The smallest absolute Gasteiger partial charge is 0.338 e. The summed E-state index contributed by atoms with van der Waals surface area (Å²) in [5.74, 6) is 0.751. The summed E-state index contributed by atoms with van der Waals surface area (Å²) in [5.41, 5.74) is 1.26. The number of methoxy groups -OCH3 is 3. The highest BCUT2D eigenvalue weighted by Crippen LogP contribution is 2.31. The molecule has 0 atom stereocenters. The lowest BCUT2D eigenvalue weighted by Crippen LogP contribution is -2.04. The van der Waals surface area contributed by atoms with Crippen LogP contribution in [0.25, 0.3) is 0 Å². The van der Waals surface area contributed by atoms with Gasteiger partial charge in [-0.05, 0) is 18.6 Å². The van der Waals surface area contributed by atoms with Crippen LogP contribution in [0.5, 0.6) is 11.5 Å². The van der Waals surface area contributed by atoms with Gasteiger partial charge in [0.1, 0.15) is 11.5 Å². The average molecular weight is 236 g/mol. The molecule has 0 unspecified atom stereocenters. The van der Waals surface area contributed by atoms with E-state index in [4.69, 9.17) is 9.47 Å². The van der Waals surface area contributed by atoms with Gasteiger partial charge in [0.2, 0.25) is 0 Å². The van der Waals surface area contributed by atoms with E-state index in [0.717, 1.165) is 5.56 Å². The lowest BCUT2D eigenvalue weighted by molar-refractivity contribution is 0.0600. The van der Waals surface area contributed by atoms with Crippen molar-refractivity contribution >= 4 is 5.97 Å². The summed E-state index contributed by atoms with van der Waals surface area (Å²) >= 11 is 0. The Labute approximate surface area is 101 Å². The van der Waals surface area contributed by atoms with Gasteiger partial charge in [0.25, 0.3) is 0 Å². The fourth-order valence-electron chi connectivity index (χ4n) is 1.57. The maximum atomic E-state index is 11.5. The van der Waals surface area contributed by atoms with Crippen molar-refractivity contribution < 1.29 is 19.0 Å². The fourth-order valence-corrected chi connectivity index (χ4v) is 1.57. The second-order valence-corrected chi connectivity index (χ2v) is 3.34. The van der Waals surface area contributed by atoms with Crippen molar-refractivity contribution in [3.63, 3.8) is 0 Å². The Balaban J connectivity index is 3.32. The van der Waals surface area contributed by atoms with Gasteiger partial charge in [-0.25, -0.2) is 4.79 Å². The molecule has 0 saturated carbocycles. The second-order valence-electron chi connectivity index (χ2n) is 3.34. The molecular weight excluding hydrogens is 220 g/mol. The number of esters is 1. The van der Waals surface area contributed by atoms with Crippen molar-refractivity contribution in [3.05, 3.63) is 35.9 Å². The van der Waals surface area contributed by atoms with Crippen LogP contribution in [0.4, 0.5) is 0 Å². The number of ether oxygens (including phenoxy) is 3. The second kappa shape index (κ2) is 5.94. The Morgan fingerprint density at radius 3 is 2.12 bits per heavy atom. The molecule has 0 radical (unpaired) electrons. The van der Waals surface area contributed by atoms with Gasteiger partial charge in [0.05, 0.1) is 26.9 Å². The van der Waals surface area contributed by atoms with Crippen LogP contribution in [0, 0.1) is 0 Å². The van der Waals surface area contributed by atoms with Crippen molar-refractivity contribution in [1.29, 1.82) is 0 Å². The number of hydrogen-bond donors (Lipinski definition) is 0. The zero-order valence-corrected chi connectivity index (χ0v) is 10.3. The van der Waals surface area contributed by atoms with Crippen LogP contribution in [-0.2, 0) is 11.2 Å². The lowest BCUT2D eigenvalue weighted by atomic mass is 10.1. The zero-order valence-electron chi connectivity index (χ0n) is 10.3. The summed E-state index contributed by atoms with van der Waals surface area (Å²) in [4.78, 5) is 11.5. The fraction of sp³-hybridized carbons (Fsp3) is 0.308. The number of benzene rings is 1. The summed E-state index contributed by atoms with van der Waals surface area (Å²) in [5, 5.41) is 0. The molecule has 0 aliphatic rings. The molecule has 0 fully saturated rings. The molecule has 1 rings (SSSR count). The summed E-state index contributed by atoms with van der Waals surface area (Å²) in [6, 6.07) is 3.26. The maximum absolute atomic E-state index is 11.5. The SMILES string of the molecule is C=CCc1c(OC)cc(C(=O)OC)cc1OC. The molecule has 0 aliphatic carbocycles. The van der Waals surface area contributed by atoms with Crippen molar-refractivity contribution in [2.45, 2.75) is 6.42 Å². The summed E-state index contributed by atoms with van der Waals surface area (Å²) < 4.78 is 15.1. The Morgan fingerprint density at radius 1 is 1.24 bits per heavy atom. The minimum atomic E-state index is -0.424. The van der Waals surface area contributed by atoms with Crippen LogP contribution in [0.1, 0.15) is 15.9 Å². The van der Waals surface area contributed by atoms with Gasteiger partial charge in [0, 0.05) is 5.56 Å². The first-order valence-electron chi connectivity index (χ1n) is 5.12. The normalized spacial score (nSPS) is 9.59. The van der Waals surface area contributed by atoms with Crippen LogP contribution in [-0.4, -0.2) is 27.3 Å².